The summed E-state index contributed by atoms with van der Waals surface area (Å²) < 4.78 is 41.4. The van der Waals surface area contributed by atoms with Gasteiger partial charge in [-0.1, -0.05) is 11.6 Å². The van der Waals surface area contributed by atoms with Crippen molar-refractivity contribution in [3.05, 3.63) is 56.3 Å². The number of anilines is 1. The number of hydrogen-bond donors (Lipinski definition) is 1. The molecule has 1 unspecified atom stereocenters. The summed E-state index contributed by atoms with van der Waals surface area (Å²) in [6.45, 7) is 0.166. The minimum atomic E-state index is -3.86. The van der Waals surface area contributed by atoms with Crippen molar-refractivity contribution in [1.82, 2.24) is 4.72 Å². The molecule has 1 saturated heterocycles. The van der Waals surface area contributed by atoms with Gasteiger partial charge < -0.3 is 4.90 Å². The maximum atomic E-state index is 14.1. The van der Waals surface area contributed by atoms with E-state index in [0.29, 0.717) is 9.21 Å². The fourth-order valence-corrected chi connectivity index (χ4v) is 4.71. The summed E-state index contributed by atoms with van der Waals surface area (Å²) in [7, 11) is -3.86. The third kappa shape index (κ3) is 4.54. The Kier molecular flexibility index (Phi) is 5.62. The molecule has 1 aliphatic heterocycles. The summed E-state index contributed by atoms with van der Waals surface area (Å²) in [6, 6.07) is 7.93. The number of nitrogens with one attached hydrogen (secondary N) is 1. The Morgan fingerprint density at radius 2 is 2.15 bits per heavy atom. The van der Waals surface area contributed by atoms with Crippen LogP contribution in [0.3, 0.4) is 0 Å². The van der Waals surface area contributed by atoms with Crippen LogP contribution in [0.25, 0.3) is 6.08 Å². The molecular weight excluding hydrogens is 413 g/mol. The van der Waals surface area contributed by atoms with E-state index in [1.807, 2.05) is 6.07 Å². The van der Waals surface area contributed by atoms with Gasteiger partial charge in [-0.15, -0.1) is 11.3 Å². The zero-order valence-corrected chi connectivity index (χ0v) is 16.1. The molecule has 0 radical (unpaired) electrons. The van der Waals surface area contributed by atoms with Crippen LogP contribution in [0.1, 0.15) is 16.9 Å². The molecule has 1 atom stereocenters. The van der Waals surface area contributed by atoms with Crippen molar-refractivity contribution in [2.24, 2.45) is 0 Å². The van der Waals surface area contributed by atoms with Crippen molar-refractivity contribution >= 4 is 50.6 Å². The molecule has 0 bridgehead atoms. The van der Waals surface area contributed by atoms with Crippen molar-refractivity contribution in [2.45, 2.75) is 12.5 Å². The number of nitrogens with zero attached hydrogens (tertiary/aromatic N) is 2. The van der Waals surface area contributed by atoms with Crippen LogP contribution < -0.4 is 9.62 Å². The molecule has 1 aliphatic rings. The molecule has 0 saturated carbocycles. The van der Waals surface area contributed by atoms with Gasteiger partial charge in [0.25, 0.3) is 0 Å². The van der Waals surface area contributed by atoms with Crippen LogP contribution in [-0.4, -0.2) is 26.9 Å². The molecule has 27 heavy (non-hydrogen) atoms. The number of thiophene rings is 1. The number of nitriles is 1. The molecule has 2 aromatic rings. The minimum absolute atomic E-state index is 0.0180. The molecule has 10 heteroatoms. The second-order valence-electron chi connectivity index (χ2n) is 5.72. The summed E-state index contributed by atoms with van der Waals surface area (Å²) >= 11 is 7.01. The van der Waals surface area contributed by atoms with E-state index < -0.39 is 27.8 Å². The Bertz CT molecular complexity index is 1060. The first-order valence-electron chi connectivity index (χ1n) is 7.76. The van der Waals surface area contributed by atoms with E-state index in [4.69, 9.17) is 16.9 Å². The Morgan fingerprint density at radius 1 is 1.37 bits per heavy atom. The van der Waals surface area contributed by atoms with Gasteiger partial charge in [0.05, 0.1) is 21.7 Å². The molecule has 1 fully saturated rings. The number of amides is 1. The van der Waals surface area contributed by atoms with Crippen LogP contribution in [-0.2, 0) is 14.8 Å². The predicted octanol–water partition coefficient (Wildman–Crippen LogP) is 3.11. The Balaban J connectivity index is 1.71. The first kappa shape index (κ1) is 19.5. The van der Waals surface area contributed by atoms with Crippen LogP contribution >= 0.6 is 22.9 Å². The molecule has 140 valence electrons. The third-order valence-electron chi connectivity index (χ3n) is 3.89. The van der Waals surface area contributed by atoms with Gasteiger partial charge in [-0.05, 0) is 42.8 Å². The highest BCUT2D eigenvalue weighted by atomic mass is 35.5. The van der Waals surface area contributed by atoms with E-state index in [2.05, 4.69) is 4.72 Å². The molecule has 6 nitrogen and oxygen atoms in total. The zero-order valence-electron chi connectivity index (χ0n) is 13.7. The molecule has 2 heterocycles. The average molecular weight is 426 g/mol. The number of carbonyl (C=O) groups excluding carboxylic acids is 1. The number of benzene rings is 1. The van der Waals surface area contributed by atoms with Crippen molar-refractivity contribution in [2.75, 3.05) is 11.4 Å². The standard InChI is InChI=1S/C17H13ClFN3O3S2/c18-16-4-2-12(26-16)6-8-27(24,25)21-14-5-7-22(17(14)23)15-3-1-11(10-20)9-13(15)19/h1-4,6,8-9,14,21H,5,7H2/b8-6+. The van der Waals surface area contributed by atoms with Gasteiger partial charge in [0.1, 0.15) is 11.9 Å². The topological polar surface area (TPSA) is 90.3 Å². The second-order valence-corrected chi connectivity index (χ2v) is 9.06. The average Bonchev–Trinajstić information content (AvgIpc) is 3.19. The van der Waals surface area contributed by atoms with E-state index in [-0.39, 0.29) is 24.2 Å². The Hall–Kier alpha value is -2.25. The Morgan fingerprint density at radius 3 is 2.78 bits per heavy atom. The van der Waals surface area contributed by atoms with E-state index in [0.717, 1.165) is 11.5 Å². The normalized spacial score (nSPS) is 17.6. The van der Waals surface area contributed by atoms with Crippen LogP contribution in [0, 0.1) is 17.1 Å². The molecule has 1 N–H and O–H groups in total. The number of sulfonamides is 1. The van der Waals surface area contributed by atoms with E-state index in [1.54, 1.807) is 12.1 Å². The molecule has 0 aliphatic carbocycles. The molecular formula is C17H13ClFN3O3S2. The minimum Gasteiger partial charge on any atom is -0.308 e. The lowest BCUT2D eigenvalue weighted by Crippen LogP contribution is -2.40. The molecule has 0 spiro atoms. The van der Waals surface area contributed by atoms with Crippen LogP contribution in [0.2, 0.25) is 4.34 Å². The first-order chi connectivity index (χ1) is 12.8. The summed E-state index contributed by atoms with van der Waals surface area (Å²) in [5.41, 5.74) is 0.156. The summed E-state index contributed by atoms with van der Waals surface area (Å²) in [5, 5.41) is 9.75. The maximum absolute atomic E-state index is 14.1. The number of rotatable bonds is 5. The maximum Gasteiger partial charge on any atom is 0.245 e. The van der Waals surface area contributed by atoms with Crippen LogP contribution in [0.4, 0.5) is 10.1 Å². The lowest BCUT2D eigenvalue weighted by Gasteiger charge is -2.17. The lowest BCUT2D eigenvalue weighted by atomic mass is 10.2. The van der Waals surface area contributed by atoms with Crippen molar-refractivity contribution in [3.63, 3.8) is 0 Å². The summed E-state index contributed by atoms with van der Waals surface area (Å²) in [6.07, 6.45) is 1.59. The van der Waals surface area contributed by atoms with Gasteiger partial charge in [0, 0.05) is 16.8 Å². The van der Waals surface area contributed by atoms with Gasteiger partial charge in [-0.2, -0.15) is 9.98 Å². The van der Waals surface area contributed by atoms with Crippen LogP contribution in [0.5, 0.6) is 0 Å². The predicted molar refractivity (Wildman–Crippen MR) is 102 cm³/mol. The number of hydrogen-bond acceptors (Lipinski definition) is 5. The zero-order chi connectivity index (χ0) is 19.6. The lowest BCUT2D eigenvalue weighted by molar-refractivity contribution is -0.118. The smallest absolute Gasteiger partial charge is 0.245 e. The van der Waals surface area contributed by atoms with Crippen molar-refractivity contribution in [3.8, 4) is 6.07 Å². The van der Waals surface area contributed by atoms with Crippen molar-refractivity contribution < 1.29 is 17.6 Å². The van der Waals surface area contributed by atoms with Gasteiger partial charge in [-0.3, -0.25) is 4.79 Å². The number of carbonyl (C=O) groups is 1. The Labute approximate surface area is 164 Å². The van der Waals surface area contributed by atoms with Crippen molar-refractivity contribution in [1.29, 1.82) is 5.26 Å². The second kappa shape index (κ2) is 7.78. The molecule has 3 rings (SSSR count). The van der Waals surface area contributed by atoms with E-state index in [9.17, 15) is 17.6 Å². The van der Waals surface area contributed by atoms with E-state index in [1.165, 1.54) is 34.4 Å². The number of halogens is 2. The molecule has 1 aromatic heterocycles. The summed E-state index contributed by atoms with van der Waals surface area (Å²) in [4.78, 5) is 14.3. The highest BCUT2D eigenvalue weighted by molar-refractivity contribution is 7.92. The third-order valence-corrected chi connectivity index (χ3v) is 6.19. The quantitative estimate of drug-likeness (QED) is 0.796. The highest BCUT2D eigenvalue weighted by Gasteiger charge is 2.35. The monoisotopic (exact) mass is 425 g/mol. The van der Waals surface area contributed by atoms with E-state index >= 15 is 0 Å². The SMILES string of the molecule is N#Cc1ccc(N2CCC(NS(=O)(=O)/C=C/c3ccc(Cl)s3)C2=O)c(F)c1. The van der Waals surface area contributed by atoms with Crippen LogP contribution in [0.15, 0.2) is 35.7 Å². The fraction of sp³-hybridized carbons (Fsp3) is 0.176. The van der Waals surface area contributed by atoms with Gasteiger partial charge in [-0.25, -0.2) is 12.8 Å². The van der Waals surface area contributed by atoms with Gasteiger partial charge in [0.2, 0.25) is 15.9 Å². The largest absolute Gasteiger partial charge is 0.308 e. The molecule has 1 aromatic carbocycles. The fourth-order valence-electron chi connectivity index (χ4n) is 2.64. The first-order valence-corrected chi connectivity index (χ1v) is 10.5. The highest BCUT2D eigenvalue weighted by Crippen LogP contribution is 2.26. The summed E-state index contributed by atoms with van der Waals surface area (Å²) in [5.74, 6) is -1.25. The molecule has 1 amide bonds. The van der Waals surface area contributed by atoms with Gasteiger partial charge >= 0.3 is 0 Å². The van der Waals surface area contributed by atoms with Gasteiger partial charge in [0.15, 0.2) is 0 Å².